The predicted molar refractivity (Wildman–Crippen MR) is 74.6 cm³/mol. The minimum absolute atomic E-state index is 0.0677. The van der Waals surface area contributed by atoms with Gasteiger partial charge in [-0.05, 0) is 37.3 Å². The van der Waals surface area contributed by atoms with Gasteiger partial charge in [0.25, 0.3) is 5.91 Å². The van der Waals surface area contributed by atoms with Gasteiger partial charge in [-0.2, -0.15) is 0 Å². The van der Waals surface area contributed by atoms with Gasteiger partial charge < -0.3 is 10.1 Å². The van der Waals surface area contributed by atoms with Gasteiger partial charge in [-0.15, -0.1) is 0 Å². The van der Waals surface area contributed by atoms with Gasteiger partial charge in [-0.3, -0.25) is 9.78 Å². The van der Waals surface area contributed by atoms with Crippen molar-refractivity contribution in [2.45, 2.75) is 6.92 Å². The van der Waals surface area contributed by atoms with E-state index in [1.54, 1.807) is 42.6 Å². The zero-order chi connectivity index (χ0) is 13.7. The Morgan fingerprint density at radius 3 is 2.95 bits per heavy atom. The summed E-state index contributed by atoms with van der Waals surface area (Å²) in [6.07, 6.45) is 1.64. The van der Waals surface area contributed by atoms with E-state index in [4.69, 9.17) is 16.3 Å². The number of benzene rings is 1. The highest BCUT2D eigenvalue weighted by molar-refractivity contribution is 6.30. The van der Waals surface area contributed by atoms with Crippen LogP contribution in [0.15, 0.2) is 42.6 Å². The molecule has 1 heterocycles. The second-order valence-corrected chi connectivity index (χ2v) is 4.42. The second-order valence-electron chi connectivity index (χ2n) is 3.98. The Bertz CT molecular complexity index is 587. The first-order chi connectivity index (χ1) is 9.13. The SMILES string of the molecule is Cc1cc(NC(=O)COc2cccc(Cl)c2)ccn1. The third kappa shape index (κ3) is 4.26. The summed E-state index contributed by atoms with van der Waals surface area (Å²) in [5.41, 5.74) is 1.54. The summed E-state index contributed by atoms with van der Waals surface area (Å²) in [6, 6.07) is 10.4. The summed E-state index contributed by atoms with van der Waals surface area (Å²) < 4.78 is 5.34. The Labute approximate surface area is 116 Å². The fourth-order valence-corrected chi connectivity index (χ4v) is 1.71. The van der Waals surface area contributed by atoms with Crippen LogP contribution in [0.4, 0.5) is 5.69 Å². The molecule has 0 saturated heterocycles. The molecule has 0 radical (unpaired) electrons. The maximum atomic E-state index is 11.7. The molecule has 1 N–H and O–H groups in total. The van der Waals surface area contributed by atoms with Gasteiger partial charge in [-0.1, -0.05) is 17.7 Å². The number of ether oxygens (including phenoxy) is 1. The summed E-state index contributed by atoms with van der Waals surface area (Å²) in [5, 5.41) is 3.30. The number of hydrogen-bond acceptors (Lipinski definition) is 3. The lowest BCUT2D eigenvalue weighted by Gasteiger charge is -2.08. The molecule has 0 aliphatic carbocycles. The number of carbonyl (C=O) groups excluding carboxylic acids is 1. The van der Waals surface area contributed by atoms with E-state index >= 15 is 0 Å². The molecule has 0 spiro atoms. The van der Waals surface area contributed by atoms with Crippen LogP contribution in [0.25, 0.3) is 0 Å². The van der Waals surface area contributed by atoms with E-state index in [0.717, 1.165) is 5.69 Å². The molecule has 4 nitrogen and oxygen atoms in total. The van der Waals surface area contributed by atoms with Crippen molar-refractivity contribution in [2.24, 2.45) is 0 Å². The zero-order valence-electron chi connectivity index (χ0n) is 10.4. The van der Waals surface area contributed by atoms with Crippen molar-refractivity contribution in [3.05, 3.63) is 53.3 Å². The first-order valence-electron chi connectivity index (χ1n) is 5.74. The number of pyridine rings is 1. The van der Waals surface area contributed by atoms with Crippen LogP contribution in [-0.4, -0.2) is 17.5 Å². The number of halogens is 1. The van der Waals surface area contributed by atoms with Crippen molar-refractivity contribution in [3.8, 4) is 5.75 Å². The van der Waals surface area contributed by atoms with Gasteiger partial charge in [0.15, 0.2) is 6.61 Å². The fourth-order valence-electron chi connectivity index (χ4n) is 1.53. The van der Waals surface area contributed by atoms with Crippen LogP contribution in [0.1, 0.15) is 5.69 Å². The number of carbonyl (C=O) groups is 1. The molecule has 0 unspecified atom stereocenters. The smallest absolute Gasteiger partial charge is 0.262 e. The molecule has 19 heavy (non-hydrogen) atoms. The van der Waals surface area contributed by atoms with E-state index in [0.29, 0.717) is 16.5 Å². The van der Waals surface area contributed by atoms with Crippen LogP contribution in [0.5, 0.6) is 5.75 Å². The molecule has 0 atom stereocenters. The summed E-state index contributed by atoms with van der Waals surface area (Å²) in [6.45, 7) is 1.79. The molecule has 1 amide bonds. The van der Waals surface area contributed by atoms with E-state index < -0.39 is 0 Å². The number of hydrogen-bond donors (Lipinski definition) is 1. The lowest BCUT2D eigenvalue weighted by Crippen LogP contribution is -2.20. The van der Waals surface area contributed by atoms with Crippen LogP contribution < -0.4 is 10.1 Å². The molecule has 0 bridgehead atoms. The monoisotopic (exact) mass is 276 g/mol. The van der Waals surface area contributed by atoms with E-state index in [9.17, 15) is 4.79 Å². The Morgan fingerprint density at radius 2 is 2.21 bits per heavy atom. The number of amides is 1. The minimum atomic E-state index is -0.231. The highest BCUT2D eigenvalue weighted by Crippen LogP contribution is 2.17. The van der Waals surface area contributed by atoms with Crippen LogP contribution in [0, 0.1) is 6.92 Å². The van der Waals surface area contributed by atoms with Gasteiger partial charge in [0, 0.05) is 22.6 Å². The largest absolute Gasteiger partial charge is 0.484 e. The molecular weight excluding hydrogens is 264 g/mol. The van der Waals surface area contributed by atoms with Crippen molar-refractivity contribution >= 4 is 23.2 Å². The average molecular weight is 277 g/mol. The molecule has 5 heteroatoms. The summed E-state index contributed by atoms with van der Waals surface area (Å²) in [4.78, 5) is 15.7. The first kappa shape index (κ1) is 13.4. The quantitative estimate of drug-likeness (QED) is 0.934. The van der Waals surface area contributed by atoms with Crippen molar-refractivity contribution in [1.29, 1.82) is 0 Å². The van der Waals surface area contributed by atoms with Gasteiger partial charge in [0.1, 0.15) is 5.75 Å². The highest BCUT2D eigenvalue weighted by Gasteiger charge is 2.04. The third-order valence-electron chi connectivity index (χ3n) is 2.35. The number of aryl methyl sites for hydroxylation is 1. The van der Waals surface area contributed by atoms with Crippen molar-refractivity contribution in [3.63, 3.8) is 0 Å². The highest BCUT2D eigenvalue weighted by atomic mass is 35.5. The van der Waals surface area contributed by atoms with Crippen LogP contribution in [-0.2, 0) is 4.79 Å². The molecule has 1 aromatic carbocycles. The molecule has 0 fully saturated rings. The van der Waals surface area contributed by atoms with Crippen LogP contribution in [0.2, 0.25) is 5.02 Å². The Balaban J connectivity index is 1.88. The average Bonchev–Trinajstić information content (AvgIpc) is 2.36. The molecule has 0 aliphatic rings. The topological polar surface area (TPSA) is 51.2 Å². The van der Waals surface area contributed by atoms with Crippen molar-refractivity contribution in [2.75, 3.05) is 11.9 Å². The van der Waals surface area contributed by atoms with Crippen LogP contribution >= 0.6 is 11.6 Å². The van der Waals surface area contributed by atoms with Crippen molar-refractivity contribution in [1.82, 2.24) is 4.98 Å². The number of aromatic nitrogens is 1. The normalized spacial score (nSPS) is 10.0. The Morgan fingerprint density at radius 1 is 1.37 bits per heavy atom. The third-order valence-corrected chi connectivity index (χ3v) is 2.58. The standard InChI is InChI=1S/C14H13ClN2O2/c1-10-7-12(5-6-16-10)17-14(18)9-19-13-4-2-3-11(15)8-13/h2-8H,9H2,1H3,(H,16,17,18). The lowest BCUT2D eigenvalue weighted by atomic mass is 10.3. The minimum Gasteiger partial charge on any atom is -0.484 e. The van der Waals surface area contributed by atoms with E-state index in [1.165, 1.54) is 0 Å². The molecule has 2 aromatic rings. The predicted octanol–water partition coefficient (Wildman–Crippen LogP) is 3.06. The van der Waals surface area contributed by atoms with Gasteiger partial charge in [-0.25, -0.2) is 0 Å². The summed E-state index contributed by atoms with van der Waals surface area (Å²) in [7, 11) is 0. The molecular formula is C14H13ClN2O2. The van der Waals surface area contributed by atoms with Crippen LogP contribution in [0.3, 0.4) is 0 Å². The number of rotatable bonds is 4. The molecule has 2 rings (SSSR count). The van der Waals surface area contributed by atoms with Gasteiger partial charge in [0.05, 0.1) is 0 Å². The molecule has 1 aromatic heterocycles. The van der Waals surface area contributed by atoms with Crippen molar-refractivity contribution < 1.29 is 9.53 Å². The van der Waals surface area contributed by atoms with Gasteiger partial charge in [0.2, 0.25) is 0 Å². The fraction of sp³-hybridized carbons (Fsp3) is 0.143. The first-order valence-corrected chi connectivity index (χ1v) is 6.12. The molecule has 0 aliphatic heterocycles. The second kappa shape index (κ2) is 6.20. The zero-order valence-corrected chi connectivity index (χ0v) is 11.1. The van der Waals surface area contributed by atoms with Gasteiger partial charge >= 0.3 is 0 Å². The molecule has 0 saturated carbocycles. The Hall–Kier alpha value is -2.07. The van der Waals surface area contributed by atoms with E-state index in [2.05, 4.69) is 10.3 Å². The Kier molecular flexibility index (Phi) is 4.36. The maximum Gasteiger partial charge on any atom is 0.262 e. The summed E-state index contributed by atoms with van der Waals surface area (Å²) >= 11 is 5.82. The number of nitrogens with one attached hydrogen (secondary N) is 1. The molecule has 98 valence electrons. The maximum absolute atomic E-state index is 11.7. The lowest BCUT2D eigenvalue weighted by molar-refractivity contribution is -0.118. The summed E-state index contributed by atoms with van der Waals surface area (Å²) in [5.74, 6) is 0.333. The van der Waals surface area contributed by atoms with E-state index in [1.807, 2.05) is 6.92 Å². The number of nitrogens with zero attached hydrogens (tertiary/aromatic N) is 1. The van der Waals surface area contributed by atoms with E-state index in [-0.39, 0.29) is 12.5 Å². The number of anilines is 1.